The monoisotopic (exact) mass is 434 g/mol. The minimum Gasteiger partial charge on any atom is -0.492 e. The maximum Gasteiger partial charge on any atom is 0.317 e. The third-order valence-electron chi connectivity index (χ3n) is 5.64. The molecule has 0 aliphatic carbocycles. The van der Waals surface area contributed by atoms with Gasteiger partial charge in [-0.1, -0.05) is 0 Å². The van der Waals surface area contributed by atoms with Gasteiger partial charge in [0.05, 0.1) is 25.4 Å². The molecule has 3 rings (SSSR count). The highest BCUT2D eigenvalue weighted by Crippen LogP contribution is 2.15. The van der Waals surface area contributed by atoms with Crippen LogP contribution in [0.4, 0.5) is 4.79 Å². The number of aliphatic hydroxyl groups is 1. The molecule has 172 valence electrons. The molecule has 2 unspecified atom stereocenters. The fourth-order valence-electron chi connectivity index (χ4n) is 3.80. The van der Waals surface area contributed by atoms with Crippen molar-refractivity contribution in [1.29, 1.82) is 0 Å². The van der Waals surface area contributed by atoms with Crippen molar-refractivity contribution >= 4 is 11.9 Å². The van der Waals surface area contributed by atoms with E-state index in [0.717, 1.165) is 32.8 Å². The Kier molecular flexibility index (Phi) is 8.93. The second-order valence-corrected chi connectivity index (χ2v) is 7.90. The van der Waals surface area contributed by atoms with Crippen molar-refractivity contribution in [1.82, 2.24) is 20.4 Å². The molecule has 0 spiro atoms. The van der Waals surface area contributed by atoms with Crippen LogP contribution in [-0.2, 0) is 4.74 Å². The van der Waals surface area contributed by atoms with Crippen LogP contribution < -0.4 is 15.4 Å². The predicted octanol–water partition coefficient (Wildman–Crippen LogP) is 0.682. The highest BCUT2D eigenvalue weighted by molar-refractivity contribution is 5.94. The molecule has 0 bridgehead atoms. The minimum atomic E-state index is -0.689. The molecule has 3 N–H and O–H groups in total. The number of rotatable bonds is 7. The summed E-state index contributed by atoms with van der Waals surface area (Å²) in [5, 5.41) is 16.1. The van der Waals surface area contributed by atoms with Crippen LogP contribution in [0.1, 0.15) is 30.1 Å². The normalized spacial score (nSPS) is 22.5. The summed E-state index contributed by atoms with van der Waals surface area (Å²) in [6.45, 7) is 8.03. The smallest absolute Gasteiger partial charge is 0.317 e. The Hall–Kier alpha value is -2.36. The molecular formula is C22H34N4O5. The number of aliphatic hydroxyl groups excluding tert-OH is 1. The number of morpholine rings is 1. The number of likely N-dealkylation sites (tertiary alicyclic amines) is 1. The number of carbonyl (C=O) groups is 2. The predicted molar refractivity (Wildman–Crippen MR) is 116 cm³/mol. The van der Waals surface area contributed by atoms with Crippen LogP contribution in [-0.4, -0.2) is 98.1 Å². The fourth-order valence-corrected chi connectivity index (χ4v) is 3.80. The lowest BCUT2D eigenvalue weighted by molar-refractivity contribution is 0.0322. The van der Waals surface area contributed by atoms with Gasteiger partial charge in [-0.25, -0.2) is 4.79 Å². The van der Waals surface area contributed by atoms with Crippen LogP contribution in [0.5, 0.6) is 5.75 Å². The lowest BCUT2D eigenvalue weighted by Gasteiger charge is -2.27. The van der Waals surface area contributed by atoms with Crippen molar-refractivity contribution in [3.05, 3.63) is 29.8 Å². The highest BCUT2D eigenvalue weighted by Gasteiger charge is 2.29. The Labute approximate surface area is 183 Å². The molecule has 0 saturated carbocycles. The topological polar surface area (TPSA) is 103 Å². The van der Waals surface area contributed by atoms with Gasteiger partial charge < -0.3 is 30.1 Å². The number of hydrogen-bond acceptors (Lipinski definition) is 6. The number of hydrogen-bond donors (Lipinski definition) is 3. The molecule has 9 heteroatoms. The summed E-state index contributed by atoms with van der Waals surface area (Å²) in [7, 11) is 0. The molecule has 2 aliphatic rings. The van der Waals surface area contributed by atoms with Crippen LogP contribution >= 0.6 is 0 Å². The van der Waals surface area contributed by atoms with E-state index in [1.807, 2.05) is 6.92 Å². The van der Waals surface area contributed by atoms with Gasteiger partial charge in [-0.05, 0) is 44.0 Å². The van der Waals surface area contributed by atoms with Crippen molar-refractivity contribution < 1.29 is 24.2 Å². The van der Waals surface area contributed by atoms with Crippen LogP contribution in [0.25, 0.3) is 0 Å². The molecule has 0 radical (unpaired) electrons. The average molecular weight is 435 g/mol. The highest BCUT2D eigenvalue weighted by atomic mass is 16.5. The van der Waals surface area contributed by atoms with Crippen molar-refractivity contribution in [2.45, 2.75) is 31.9 Å². The fraction of sp³-hybridized carbons (Fsp3) is 0.636. The molecule has 0 aromatic heterocycles. The molecule has 9 nitrogen and oxygen atoms in total. The third kappa shape index (κ3) is 7.09. The van der Waals surface area contributed by atoms with E-state index < -0.39 is 12.1 Å². The van der Waals surface area contributed by atoms with E-state index >= 15 is 0 Å². The molecule has 3 amide bonds. The van der Waals surface area contributed by atoms with Crippen LogP contribution in [0.3, 0.4) is 0 Å². The summed E-state index contributed by atoms with van der Waals surface area (Å²) in [5.41, 5.74) is 0.488. The molecule has 1 aromatic carbocycles. The zero-order chi connectivity index (χ0) is 22.1. The van der Waals surface area contributed by atoms with Crippen molar-refractivity contribution in [2.24, 2.45) is 0 Å². The second kappa shape index (κ2) is 11.9. The lowest BCUT2D eigenvalue weighted by Crippen LogP contribution is -2.51. The van der Waals surface area contributed by atoms with Crippen LogP contribution in [0, 0.1) is 0 Å². The van der Waals surface area contributed by atoms with E-state index in [0.29, 0.717) is 43.9 Å². The molecule has 2 heterocycles. The van der Waals surface area contributed by atoms with Gasteiger partial charge in [-0.2, -0.15) is 0 Å². The number of nitrogens with zero attached hydrogens (tertiary/aromatic N) is 2. The molecular weight excluding hydrogens is 400 g/mol. The van der Waals surface area contributed by atoms with Gasteiger partial charge in [0.2, 0.25) is 0 Å². The van der Waals surface area contributed by atoms with E-state index in [1.165, 1.54) is 0 Å². The Morgan fingerprint density at radius 3 is 2.65 bits per heavy atom. The molecule has 2 saturated heterocycles. The Balaban J connectivity index is 1.49. The Morgan fingerprint density at radius 1 is 1.19 bits per heavy atom. The maximum atomic E-state index is 12.7. The Morgan fingerprint density at radius 2 is 1.94 bits per heavy atom. The van der Waals surface area contributed by atoms with Crippen LogP contribution in [0.2, 0.25) is 0 Å². The van der Waals surface area contributed by atoms with Gasteiger partial charge in [0, 0.05) is 44.8 Å². The summed E-state index contributed by atoms with van der Waals surface area (Å²) in [4.78, 5) is 28.8. The van der Waals surface area contributed by atoms with E-state index in [1.54, 1.807) is 29.2 Å². The SMILES string of the molecule is CCNC(=O)N1CCCC(O)C(NC(=O)c2ccc(OCCN3CCOCC3)cc2)C1. The first kappa shape index (κ1) is 23.3. The first-order valence-electron chi connectivity index (χ1n) is 11.1. The van der Waals surface area contributed by atoms with Gasteiger partial charge >= 0.3 is 6.03 Å². The first-order valence-corrected chi connectivity index (χ1v) is 11.1. The Bertz CT molecular complexity index is 708. The molecule has 2 fully saturated rings. The molecule has 2 aliphatic heterocycles. The average Bonchev–Trinajstić information content (AvgIpc) is 2.96. The third-order valence-corrected chi connectivity index (χ3v) is 5.64. The molecule has 31 heavy (non-hydrogen) atoms. The van der Waals surface area contributed by atoms with Gasteiger partial charge in [-0.3, -0.25) is 9.69 Å². The minimum absolute atomic E-state index is 0.172. The number of urea groups is 1. The van der Waals surface area contributed by atoms with Crippen molar-refractivity contribution in [3.8, 4) is 5.75 Å². The lowest BCUT2D eigenvalue weighted by atomic mass is 10.1. The van der Waals surface area contributed by atoms with Crippen molar-refractivity contribution in [2.75, 3.05) is 59.1 Å². The van der Waals surface area contributed by atoms with E-state index in [2.05, 4.69) is 15.5 Å². The number of carbonyl (C=O) groups excluding carboxylic acids is 2. The van der Waals surface area contributed by atoms with Crippen molar-refractivity contribution in [3.63, 3.8) is 0 Å². The van der Waals surface area contributed by atoms with Gasteiger partial charge in [0.25, 0.3) is 5.91 Å². The zero-order valence-electron chi connectivity index (χ0n) is 18.2. The summed E-state index contributed by atoms with van der Waals surface area (Å²) < 4.78 is 11.1. The number of benzene rings is 1. The van der Waals surface area contributed by atoms with E-state index in [4.69, 9.17) is 9.47 Å². The molecule has 2 atom stereocenters. The van der Waals surface area contributed by atoms with Crippen LogP contribution in [0.15, 0.2) is 24.3 Å². The number of nitrogens with one attached hydrogen (secondary N) is 2. The van der Waals surface area contributed by atoms with E-state index in [-0.39, 0.29) is 18.5 Å². The summed E-state index contributed by atoms with van der Waals surface area (Å²) in [5.74, 6) is 0.434. The maximum absolute atomic E-state index is 12.7. The molecule has 1 aromatic rings. The largest absolute Gasteiger partial charge is 0.492 e. The second-order valence-electron chi connectivity index (χ2n) is 7.90. The van der Waals surface area contributed by atoms with Gasteiger partial charge in [0.1, 0.15) is 12.4 Å². The quantitative estimate of drug-likeness (QED) is 0.583. The summed E-state index contributed by atoms with van der Waals surface area (Å²) in [6.07, 6.45) is 0.545. The van der Waals surface area contributed by atoms with E-state index in [9.17, 15) is 14.7 Å². The zero-order valence-corrected chi connectivity index (χ0v) is 18.2. The van der Waals surface area contributed by atoms with Gasteiger partial charge in [0.15, 0.2) is 0 Å². The summed E-state index contributed by atoms with van der Waals surface area (Å²) >= 11 is 0. The standard InChI is InChI=1S/C22H34N4O5/c1-2-23-22(29)26-9-3-4-20(27)19(16-26)24-21(28)17-5-7-18(8-6-17)31-15-12-25-10-13-30-14-11-25/h5-8,19-20,27H,2-4,9-16H2,1H3,(H,23,29)(H,24,28). The summed E-state index contributed by atoms with van der Waals surface area (Å²) in [6, 6.07) is 6.29. The number of ether oxygens (including phenoxy) is 2. The first-order chi connectivity index (χ1) is 15.1. The number of amides is 3. The van der Waals surface area contributed by atoms with Gasteiger partial charge in [-0.15, -0.1) is 0 Å².